The van der Waals surface area contributed by atoms with Crippen LogP contribution < -0.4 is 15.8 Å². The summed E-state index contributed by atoms with van der Waals surface area (Å²) in [5.41, 5.74) is 5.47. The van der Waals surface area contributed by atoms with Gasteiger partial charge in [-0.05, 0) is 56.0 Å². The first kappa shape index (κ1) is 19.8. The minimum atomic E-state index is -0.364. The Morgan fingerprint density at radius 3 is 2.80 bits per heavy atom. The maximum atomic E-state index is 12.4. The summed E-state index contributed by atoms with van der Waals surface area (Å²) < 4.78 is 12.2. The van der Waals surface area contributed by atoms with E-state index in [1.807, 2.05) is 31.2 Å². The second-order valence-electron chi connectivity index (χ2n) is 6.36. The number of halogens is 2. The van der Waals surface area contributed by atoms with E-state index in [1.54, 1.807) is 12.1 Å². The van der Waals surface area contributed by atoms with Crippen molar-refractivity contribution in [3.8, 4) is 5.75 Å². The summed E-state index contributed by atoms with van der Waals surface area (Å²) in [6.45, 7) is 2.67. The van der Waals surface area contributed by atoms with Crippen LogP contribution in [0.15, 0.2) is 45.3 Å². The largest absolute Gasteiger partial charge is 0.486 e. The second kappa shape index (κ2) is 8.25. The molecule has 0 radical (unpaired) electrons. The van der Waals surface area contributed by atoms with Gasteiger partial charge in [0.25, 0.3) is 5.91 Å². The Labute approximate surface area is 161 Å². The molecule has 1 unspecified atom stereocenters. The number of hydrogen-bond acceptors (Lipinski definition) is 4. The molecule has 1 aromatic heterocycles. The first-order valence-electron chi connectivity index (χ1n) is 8.00. The molecule has 0 spiro atoms. The summed E-state index contributed by atoms with van der Waals surface area (Å²) in [7, 11) is 0. The molecule has 136 valence electrons. The van der Waals surface area contributed by atoms with E-state index >= 15 is 0 Å². The molecule has 5 nitrogen and oxygen atoms in total. The van der Waals surface area contributed by atoms with E-state index in [0.717, 1.165) is 23.1 Å². The lowest BCUT2D eigenvalue weighted by atomic mass is 9.96. The maximum Gasteiger partial charge on any atom is 0.287 e. The lowest BCUT2D eigenvalue weighted by Gasteiger charge is -2.28. The molecule has 1 aliphatic carbocycles. The average Bonchev–Trinajstić information content (AvgIpc) is 3.32. The first-order chi connectivity index (χ1) is 11.5. The Kier molecular flexibility index (Phi) is 6.54. The molecule has 1 aliphatic rings. The van der Waals surface area contributed by atoms with Crippen molar-refractivity contribution in [1.82, 2.24) is 5.32 Å². The van der Waals surface area contributed by atoms with E-state index in [0.29, 0.717) is 18.2 Å². The molecule has 0 aliphatic heterocycles. The van der Waals surface area contributed by atoms with Gasteiger partial charge in [0.2, 0.25) is 0 Å². The fourth-order valence-corrected chi connectivity index (χ4v) is 3.03. The lowest BCUT2D eigenvalue weighted by Crippen LogP contribution is -2.53. The van der Waals surface area contributed by atoms with Gasteiger partial charge in [0.15, 0.2) is 5.76 Å². The van der Waals surface area contributed by atoms with Crippen LogP contribution in [0.5, 0.6) is 5.75 Å². The third-order valence-electron chi connectivity index (χ3n) is 4.36. The standard InChI is InChI=1S/C18H21BrN2O3.ClH/c1-18(11-20,12-5-6-12)21-17(22)16-8-7-15(24-16)10-23-14-4-2-3-13(19)9-14;/h2-4,7-9,12H,5-6,10-11,20H2,1H3,(H,21,22);1H. The first-order valence-corrected chi connectivity index (χ1v) is 8.79. The maximum absolute atomic E-state index is 12.4. The van der Waals surface area contributed by atoms with Gasteiger partial charge < -0.3 is 20.2 Å². The van der Waals surface area contributed by atoms with E-state index < -0.39 is 0 Å². The smallest absolute Gasteiger partial charge is 0.287 e. The summed E-state index contributed by atoms with van der Waals surface area (Å²) in [5, 5.41) is 3.01. The quantitative estimate of drug-likeness (QED) is 0.700. The van der Waals surface area contributed by atoms with Crippen LogP contribution in [0.25, 0.3) is 0 Å². The summed E-state index contributed by atoms with van der Waals surface area (Å²) >= 11 is 3.40. The molecule has 2 aromatic rings. The van der Waals surface area contributed by atoms with E-state index in [9.17, 15) is 4.79 Å². The number of benzene rings is 1. The Morgan fingerprint density at radius 1 is 1.40 bits per heavy atom. The van der Waals surface area contributed by atoms with Crippen molar-refractivity contribution >= 4 is 34.2 Å². The van der Waals surface area contributed by atoms with Crippen molar-refractivity contribution in [2.24, 2.45) is 11.7 Å². The highest BCUT2D eigenvalue weighted by atomic mass is 79.9. The number of nitrogens with one attached hydrogen (secondary N) is 1. The van der Waals surface area contributed by atoms with Gasteiger partial charge in [-0.1, -0.05) is 22.0 Å². The minimum Gasteiger partial charge on any atom is -0.486 e. The van der Waals surface area contributed by atoms with Crippen LogP contribution in [0.2, 0.25) is 0 Å². The third kappa shape index (κ3) is 5.00. The molecule has 1 aromatic carbocycles. The highest BCUT2D eigenvalue weighted by Gasteiger charge is 2.42. The average molecular weight is 430 g/mol. The van der Waals surface area contributed by atoms with Gasteiger partial charge in [-0.2, -0.15) is 0 Å². The van der Waals surface area contributed by atoms with Crippen LogP contribution in [0.3, 0.4) is 0 Å². The molecule has 1 amide bonds. The van der Waals surface area contributed by atoms with Crippen LogP contribution in [-0.4, -0.2) is 18.0 Å². The topological polar surface area (TPSA) is 77.5 Å². The van der Waals surface area contributed by atoms with Crippen molar-refractivity contribution in [2.75, 3.05) is 6.54 Å². The molecule has 3 rings (SSSR count). The predicted molar refractivity (Wildman–Crippen MR) is 102 cm³/mol. The van der Waals surface area contributed by atoms with Gasteiger partial charge in [-0.15, -0.1) is 12.4 Å². The molecule has 25 heavy (non-hydrogen) atoms. The van der Waals surface area contributed by atoms with Crippen molar-refractivity contribution in [3.05, 3.63) is 52.4 Å². The van der Waals surface area contributed by atoms with Crippen molar-refractivity contribution in [3.63, 3.8) is 0 Å². The van der Waals surface area contributed by atoms with Crippen LogP contribution in [0.1, 0.15) is 36.1 Å². The Morgan fingerprint density at radius 2 is 2.16 bits per heavy atom. The highest BCUT2D eigenvalue weighted by Crippen LogP contribution is 2.39. The Balaban J connectivity index is 0.00000225. The zero-order chi connectivity index (χ0) is 17.2. The number of carbonyl (C=O) groups is 1. The second-order valence-corrected chi connectivity index (χ2v) is 7.28. The number of ether oxygens (including phenoxy) is 1. The molecule has 7 heteroatoms. The number of nitrogens with two attached hydrogens (primary N) is 1. The fraction of sp³-hybridized carbons (Fsp3) is 0.389. The molecule has 1 heterocycles. The highest BCUT2D eigenvalue weighted by molar-refractivity contribution is 9.10. The normalized spacial score (nSPS) is 15.8. The molecule has 3 N–H and O–H groups in total. The lowest BCUT2D eigenvalue weighted by molar-refractivity contribution is 0.0865. The van der Waals surface area contributed by atoms with E-state index in [-0.39, 0.29) is 36.2 Å². The fourth-order valence-electron chi connectivity index (χ4n) is 2.65. The summed E-state index contributed by atoms with van der Waals surface area (Å²) in [5.74, 6) is 1.84. The Bertz CT molecular complexity index is 733. The number of furan rings is 1. The zero-order valence-electron chi connectivity index (χ0n) is 14.0. The van der Waals surface area contributed by atoms with E-state index in [2.05, 4.69) is 21.2 Å². The van der Waals surface area contributed by atoms with Crippen molar-refractivity contribution in [2.45, 2.75) is 31.9 Å². The molecule has 0 saturated heterocycles. The van der Waals surface area contributed by atoms with Crippen molar-refractivity contribution in [1.29, 1.82) is 0 Å². The zero-order valence-corrected chi connectivity index (χ0v) is 16.4. The molecule has 1 saturated carbocycles. The number of rotatable bonds is 7. The third-order valence-corrected chi connectivity index (χ3v) is 4.86. The minimum absolute atomic E-state index is 0. The SMILES string of the molecule is CC(CN)(NC(=O)c1ccc(COc2cccc(Br)c2)o1)C1CC1.Cl. The molecular weight excluding hydrogens is 408 g/mol. The van der Waals surface area contributed by atoms with Crippen LogP contribution in [0.4, 0.5) is 0 Å². The van der Waals surface area contributed by atoms with Gasteiger partial charge in [-0.3, -0.25) is 4.79 Å². The molecular formula is C18H22BrClN2O3. The summed E-state index contributed by atoms with van der Waals surface area (Å²) in [4.78, 5) is 12.4. The number of hydrogen-bond donors (Lipinski definition) is 2. The van der Waals surface area contributed by atoms with Gasteiger partial charge in [0, 0.05) is 11.0 Å². The van der Waals surface area contributed by atoms with Gasteiger partial charge >= 0.3 is 0 Å². The van der Waals surface area contributed by atoms with E-state index in [4.69, 9.17) is 14.9 Å². The predicted octanol–water partition coefficient (Wildman–Crippen LogP) is 3.90. The molecule has 1 atom stereocenters. The van der Waals surface area contributed by atoms with Crippen LogP contribution in [-0.2, 0) is 6.61 Å². The summed E-state index contributed by atoms with van der Waals surface area (Å²) in [6.07, 6.45) is 2.22. The monoisotopic (exact) mass is 428 g/mol. The van der Waals surface area contributed by atoms with Crippen LogP contribution >= 0.6 is 28.3 Å². The van der Waals surface area contributed by atoms with Crippen LogP contribution in [0, 0.1) is 5.92 Å². The van der Waals surface area contributed by atoms with E-state index in [1.165, 1.54) is 0 Å². The molecule has 1 fully saturated rings. The van der Waals surface area contributed by atoms with Crippen molar-refractivity contribution < 1.29 is 13.9 Å². The number of amides is 1. The van der Waals surface area contributed by atoms with Gasteiger partial charge in [0.05, 0.1) is 5.54 Å². The van der Waals surface area contributed by atoms with Gasteiger partial charge in [-0.25, -0.2) is 0 Å². The Hall–Kier alpha value is -1.50. The summed E-state index contributed by atoms with van der Waals surface area (Å²) in [6, 6.07) is 11.0. The van der Waals surface area contributed by atoms with Gasteiger partial charge in [0.1, 0.15) is 18.1 Å². The number of carbonyl (C=O) groups excluding carboxylic acids is 1. The molecule has 0 bridgehead atoms.